The minimum atomic E-state index is 0.229. The molecule has 1 aromatic rings. The Bertz CT molecular complexity index is 394. The van der Waals surface area contributed by atoms with Gasteiger partial charge in [0.1, 0.15) is 6.26 Å². The van der Waals surface area contributed by atoms with E-state index in [0.29, 0.717) is 17.7 Å². The average molecular weight is 282 g/mol. The maximum Gasteiger partial charge on any atom is 0.232 e. The molecule has 1 heterocycles. The highest BCUT2D eigenvalue weighted by Gasteiger charge is 2.27. The number of hydrogen-bond donors (Lipinski definition) is 0. The van der Waals surface area contributed by atoms with Crippen molar-refractivity contribution in [3.05, 3.63) is 18.0 Å². The maximum atomic E-state index is 12.2. The number of amides is 1. The third kappa shape index (κ3) is 4.00. The first-order valence-corrected chi connectivity index (χ1v) is 8.06. The summed E-state index contributed by atoms with van der Waals surface area (Å²) in [5.74, 6) is 2.11. The quantitative estimate of drug-likeness (QED) is 0.833. The first kappa shape index (κ1) is 14.4. The molecule has 1 aliphatic carbocycles. The highest BCUT2D eigenvalue weighted by Crippen LogP contribution is 2.27. The molecule has 4 nitrogen and oxygen atoms in total. The van der Waals surface area contributed by atoms with Crippen LogP contribution in [0.5, 0.6) is 0 Å². The first-order valence-electron chi connectivity index (χ1n) is 6.91. The first-order chi connectivity index (χ1) is 9.18. The standard InChI is InChI=1S/C14H22N2O2S/c1-11-5-3-4-6-13(11)16(2)14(17)10-19-9-12-7-8-18-15-12/h7-8,11,13H,3-6,9-10H2,1-2H3/t11-,13-/m0/s1. The number of rotatable bonds is 5. The smallest absolute Gasteiger partial charge is 0.232 e. The molecule has 1 aromatic heterocycles. The molecule has 1 aliphatic rings. The molecule has 2 rings (SSSR count). The van der Waals surface area contributed by atoms with Crippen molar-refractivity contribution >= 4 is 17.7 Å². The second-order valence-corrected chi connectivity index (χ2v) is 6.30. The monoisotopic (exact) mass is 282 g/mol. The number of nitrogens with zero attached hydrogens (tertiary/aromatic N) is 2. The van der Waals surface area contributed by atoms with Gasteiger partial charge in [0.2, 0.25) is 5.91 Å². The predicted molar refractivity (Wildman–Crippen MR) is 76.9 cm³/mol. The summed E-state index contributed by atoms with van der Waals surface area (Å²) in [4.78, 5) is 14.1. The van der Waals surface area contributed by atoms with Gasteiger partial charge in [0, 0.05) is 24.9 Å². The van der Waals surface area contributed by atoms with Crippen LogP contribution in [0.2, 0.25) is 0 Å². The molecule has 1 saturated carbocycles. The zero-order valence-corrected chi connectivity index (χ0v) is 12.5. The second-order valence-electron chi connectivity index (χ2n) is 5.32. The Morgan fingerprint density at radius 2 is 2.32 bits per heavy atom. The molecule has 0 unspecified atom stereocenters. The van der Waals surface area contributed by atoms with Crippen molar-refractivity contribution in [3.63, 3.8) is 0 Å². The van der Waals surface area contributed by atoms with Gasteiger partial charge in [0.25, 0.3) is 0 Å². The summed E-state index contributed by atoms with van der Waals surface area (Å²) >= 11 is 1.60. The van der Waals surface area contributed by atoms with Gasteiger partial charge in [-0.15, -0.1) is 11.8 Å². The summed E-state index contributed by atoms with van der Waals surface area (Å²) in [6.45, 7) is 2.26. The van der Waals surface area contributed by atoms with Gasteiger partial charge < -0.3 is 9.42 Å². The van der Waals surface area contributed by atoms with Crippen LogP contribution < -0.4 is 0 Å². The number of carbonyl (C=O) groups excluding carboxylic acids is 1. The molecular weight excluding hydrogens is 260 g/mol. The van der Waals surface area contributed by atoms with Crippen molar-refractivity contribution < 1.29 is 9.32 Å². The van der Waals surface area contributed by atoms with Gasteiger partial charge in [-0.05, 0) is 18.8 Å². The summed E-state index contributed by atoms with van der Waals surface area (Å²) < 4.78 is 4.77. The highest BCUT2D eigenvalue weighted by atomic mass is 32.2. The zero-order valence-electron chi connectivity index (χ0n) is 11.7. The summed E-state index contributed by atoms with van der Waals surface area (Å²) in [7, 11) is 1.95. The third-order valence-electron chi connectivity index (χ3n) is 3.92. The van der Waals surface area contributed by atoms with Crippen LogP contribution in [0.25, 0.3) is 0 Å². The molecule has 0 spiro atoms. The summed E-state index contributed by atoms with van der Waals surface area (Å²) in [6, 6.07) is 2.26. The van der Waals surface area contributed by atoms with Crippen LogP contribution in [0.4, 0.5) is 0 Å². The zero-order chi connectivity index (χ0) is 13.7. The van der Waals surface area contributed by atoms with E-state index in [4.69, 9.17) is 4.52 Å². The van der Waals surface area contributed by atoms with Crippen LogP contribution in [-0.4, -0.2) is 34.8 Å². The van der Waals surface area contributed by atoms with Crippen molar-refractivity contribution in [2.24, 2.45) is 5.92 Å². The third-order valence-corrected chi connectivity index (χ3v) is 4.87. The van der Waals surface area contributed by atoms with Gasteiger partial charge in [-0.1, -0.05) is 24.9 Å². The molecule has 0 bridgehead atoms. The topological polar surface area (TPSA) is 46.3 Å². The Kier molecular flexibility index (Phi) is 5.31. The lowest BCUT2D eigenvalue weighted by Crippen LogP contribution is -2.43. The van der Waals surface area contributed by atoms with Crippen LogP contribution in [0.15, 0.2) is 16.9 Å². The molecule has 5 heteroatoms. The van der Waals surface area contributed by atoms with E-state index < -0.39 is 0 Å². The van der Waals surface area contributed by atoms with E-state index >= 15 is 0 Å². The molecule has 106 valence electrons. The van der Waals surface area contributed by atoms with E-state index in [1.807, 2.05) is 18.0 Å². The van der Waals surface area contributed by atoms with Crippen molar-refractivity contribution in [1.82, 2.24) is 10.1 Å². The lowest BCUT2D eigenvalue weighted by molar-refractivity contribution is -0.130. The molecule has 0 radical (unpaired) electrons. The summed E-state index contributed by atoms with van der Waals surface area (Å²) in [6.07, 6.45) is 6.51. The second kappa shape index (κ2) is 6.98. The Balaban J connectivity index is 1.75. The van der Waals surface area contributed by atoms with Crippen LogP contribution in [-0.2, 0) is 10.5 Å². The Hall–Kier alpha value is -0.970. The number of aromatic nitrogens is 1. The fraction of sp³-hybridized carbons (Fsp3) is 0.714. The molecule has 0 aromatic carbocycles. The molecule has 0 aliphatic heterocycles. The van der Waals surface area contributed by atoms with E-state index in [1.54, 1.807) is 18.0 Å². The minimum Gasteiger partial charge on any atom is -0.364 e. The Morgan fingerprint density at radius 1 is 1.53 bits per heavy atom. The number of carbonyl (C=O) groups is 1. The molecule has 0 N–H and O–H groups in total. The Morgan fingerprint density at radius 3 is 3.00 bits per heavy atom. The summed E-state index contributed by atoms with van der Waals surface area (Å²) in [5, 5.41) is 3.84. The van der Waals surface area contributed by atoms with E-state index in [0.717, 1.165) is 17.9 Å². The van der Waals surface area contributed by atoms with E-state index in [2.05, 4.69) is 12.1 Å². The average Bonchev–Trinajstić information content (AvgIpc) is 2.91. The largest absolute Gasteiger partial charge is 0.364 e. The van der Waals surface area contributed by atoms with Gasteiger partial charge >= 0.3 is 0 Å². The lowest BCUT2D eigenvalue weighted by atomic mass is 9.85. The highest BCUT2D eigenvalue weighted by molar-refractivity contribution is 7.99. The van der Waals surface area contributed by atoms with Gasteiger partial charge in [-0.2, -0.15) is 0 Å². The summed E-state index contributed by atoms with van der Waals surface area (Å²) in [5.41, 5.74) is 0.895. The van der Waals surface area contributed by atoms with Gasteiger partial charge in [0.05, 0.1) is 11.4 Å². The molecule has 0 saturated heterocycles. The molecule has 1 amide bonds. The van der Waals surface area contributed by atoms with Crippen LogP contribution in [0.1, 0.15) is 38.3 Å². The number of hydrogen-bond acceptors (Lipinski definition) is 4. The molecule has 2 atom stereocenters. The fourth-order valence-electron chi connectivity index (χ4n) is 2.71. The van der Waals surface area contributed by atoms with Gasteiger partial charge in [-0.25, -0.2) is 0 Å². The van der Waals surface area contributed by atoms with Crippen LogP contribution >= 0.6 is 11.8 Å². The van der Waals surface area contributed by atoms with Gasteiger partial charge in [-0.3, -0.25) is 4.79 Å². The lowest BCUT2D eigenvalue weighted by Gasteiger charge is -2.36. The SMILES string of the molecule is C[C@H]1CCCC[C@@H]1N(C)C(=O)CSCc1ccon1. The maximum absolute atomic E-state index is 12.2. The fourth-order valence-corrected chi connectivity index (χ4v) is 3.55. The normalized spacial score (nSPS) is 23.3. The van der Waals surface area contributed by atoms with Crippen LogP contribution in [0, 0.1) is 5.92 Å². The van der Waals surface area contributed by atoms with Crippen molar-refractivity contribution in [1.29, 1.82) is 0 Å². The van der Waals surface area contributed by atoms with E-state index in [1.165, 1.54) is 19.3 Å². The van der Waals surface area contributed by atoms with Crippen molar-refractivity contribution in [3.8, 4) is 0 Å². The van der Waals surface area contributed by atoms with E-state index in [-0.39, 0.29) is 5.91 Å². The van der Waals surface area contributed by atoms with Crippen molar-refractivity contribution in [2.45, 2.75) is 44.4 Å². The van der Waals surface area contributed by atoms with E-state index in [9.17, 15) is 4.79 Å². The van der Waals surface area contributed by atoms with Crippen LogP contribution in [0.3, 0.4) is 0 Å². The molecule has 19 heavy (non-hydrogen) atoms. The molecule has 1 fully saturated rings. The van der Waals surface area contributed by atoms with Crippen molar-refractivity contribution in [2.75, 3.05) is 12.8 Å². The number of thioether (sulfide) groups is 1. The predicted octanol–water partition coefficient (Wildman–Crippen LogP) is 2.94. The molecular formula is C14H22N2O2S. The Labute approximate surface area is 118 Å². The van der Waals surface area contributed by atoms with Gasteiger partial charge in [0.15, 0.2) is 0 Å². The minimum absolute atomic E-state index is 0.229.